The number of imidazole rings is 1. The average molecular weight is 371 g/mol. The van der Waals surface area contributed by atoms with Crippen LogP contribution in [0, 0.1) is 0 Å². The highest BCUT2D eigenvalue weighted by molar-refractivity contribution is 5.83. The van der Waals surface area contributed by atoms with E-state index in [1.54, 1.807) is 0 Å². The van der Waals surface area contributed by atoms with Gasteiger partial charge < -0.3 is 8.97 Å². The number of nitrogens with zero attached hydrogens (tertiary/aromatic N) is 4. The second-order valence-electron chi connectivity index (χ2n) is 8.37. The van der Waals surface area contributed by atoms with E-state index in [-0.39, 0.29) is 0 Å². The van der Waals surface area contributed by atoms with Crippen LogP contribution in [-0.2, 0) is 13.0 Å². The molecule has 2 aliphatic rings. The summed E-state index contributed by atoms with van der Waals surface area (Å²) in [6.45, 7) is 3.48. The van der Waals surface area contributed by atoms with Gasteiger partial charge in [-0.2, -0.15) is 0 Å². The Morgan fingerprint density at radius 2 is 1.82 bits per heavy atom. The Labute approximate surface area is 165 Å². The molecule has 0 spiro atoms. The minimum atomic E-state index is 0.839. The zero-order valence-electron chi connectivity index (χ0n) is 16.2. The first-order valence-electron chi connectivity index (χ1n) is 10.7. The molecule has 3 aromatic heterocycles. The number of benzene rings is 1. The van der Waals surface area contributed by atoms with Crippen LogP contribution < -0.4 is 0 Å². The van der Waals surface area contributed by atoms with Crippen LogP contribution in [0.2, 0.25) is 0 Å². The molecule has 1 aromatic carbocycles. The van der Waals surface area contributed by atoms with Crippen LogP contribution in [0.3, 0.4) is 0 Å². The van der Waals surface area contributed by atoms with Crippen LogP contribution in [0.15, 0.2) is 54.9 Å². The number of aromatic nitrogens is 3. The molecule has 4 heteroatoms. The van der Waals surface area contributed by atoms with E-state index in [0.29, 0.717) is 0 Å². The Hall–Kier alpha value is -2.59. The molecule has 28 heavy (non-hydrogen) atoms. The van der Waals surface area contributed by atoms with E-state index in [4.69, 9.17) is 4.98 Å². The predicted molar refractivity (Wildman–Crippen MR) is 114 cm³/mol. The molecule has 6 rings (SSSR count). The summed E-state index contributed by atoms with van der Waals surface area (Å²) in [6.07, 6.45) is 10.8. The maximum Gasteiger partial charge on any atom is 0.111 e. The van der Waals surface area contributed by atoms with Crippen LogP contribution >= 0.6 is 0 Å². The molecule has 0 atom stereocenters. The number of pyridine rings is 1. The van der Waals surface area contributed by atoms with Crippen LogP contribution in [0.25, 0.3) is 27.7 Å². The zero-order valence-corrected chi connectivity index (χ0v) is 16.2. The molecule has 0 bridgehead atoms. The topological polar surface area (TPSA) is 25.5 Å². The Morgan fingerprint density at radius 3 is 2.71 bits per heavy atom. The molecule has 1 fully saturated rings. The van der Waals surface area contributed by atoms with E-state index in [9.17, 15) is 0 Å². The SMILES string of the molecule is c1cc2ccc(-c3ccc4c(c3)nc3n4CCCN(C4CCC4)CC3)cn2c1. The summed E-state index contributed by atoms with van der Waals surface area (Å²) < 4.78 is 4.65. The van der Waals surface area contributed by atoms with Gasteiger partial charge in [-0.15, -0.1) is 0 Å². The molecule has 0 radical (unpaired) electrons. The molecule has 0 saturated heterocycles. The van der Waals surface area contributed by atoms with Gasteiger partial charge in [0.25, 0.3) is 0 Å². The fourth-order valence-corrected chi connectivity index (χ4v) is 4.91. The normalized spacial score (nSPS) is 18.7. The quantitative estimate of drug-likeness (QED) is 0.508. The average Bonchev–Trinajstić information content (AvgIpc) is 3.25. The molecular formula is C24H26N4. The monoisotopic (exact) mass is 370 g/mol. The fourth-order valence-electron chi connectivity index (χ4n) is 4.91. The number of rotatable bonds is 2. The Kier molecular flexibility index (Phi) is 3.79. The predicted octanol–water partition coefficient (Wildman–Crippen LogP) is 4.76. The Balaban J connectivity index is 1.35. The lowest BCUT2D eigenvalue weighted by molar-refractivity contribution is 0.120. The van der Waals surface area contributed by atoms with Crippen LogP contribution in [0.4, 0.5) is 0 Å². The first-order chi connectivity index (χ1) is 13.8. The van der Waals surface area contributed by atoms with Crippen molar-refractivity contribution >= 4 is 16.6 Å². The molecular weight excluding hydrogens is 344 g/mol. The van der Waals surface area contributed by atoms with Gasteiger partial charge in [0.2, 0.25) is 0 Å². The van der Waals surface area contributed by atoms with Crippen molar-refractivity contribution in [1.82, 2.24) is 18.9 Å². The minimum Gasteiger partial charge on any atom is -0.328 e. The summed E-state index contributed by atoms with van der Waals surface area (Å²) in [5.74, 6) is 1.26. The standard InChI is InChI=1S/C24H26N4/c1-4-20(5-1)26-13-3-14-28-23-10-8-18(16-22(23)25-24(28)11-15-26)19-7-9-21-6-2-12-27(21)17-19/h2,6-10,12,16-17,20H,1,3-5,11,13-15H2. The minimum absolute atomic E-state index is 0.839. The van der Waals surface area contributed by atoms with Crippen LogP contribution in [-0.4, -0.2) is 38.0 Å². The molecule has 4 aromatic rings. The maximum absolute atomic E-state index is 5.06. The van der Waals surface area contributed by atoms with Crippen molar-refractivity contribution in [3.63, 3.8) is 0 Å². The van der Waals surface area contributed by atoms with Gasteiger partial charge in [-0.05, 0) is 60.7 Å². The second kappa shape index (κ2) is 6.49. The summed E-state index contributed by atoms with van der Waals surface area (Å²) >= 11 is 0. The summed E-state index contributed by atoms with van der Waals surface area (Å²) in [4.78, 5) is 7.77. The second-order valence-corrected chi connectivity index (χ2v) is 8.37. The third-order valence-corrected chi connectivity index (χ3v) is 6.73. The number of hydrogen-bond donors (Lipinski definition) is 0. The van der Waals surface area contributed by atoms with E-state index in [0.717, 1.165) is 31.1 Å². The molecule has 4 nitrogen and oxygen atoms in total. The lowest BCUT2D eigenvalue weighted by Crippen LogP contribution is -2.43. The molecule has 142 valence electrons. The summed E-state index contributed by atoms with van der Waals surface area (Å²) in [6, 6.07) is 16.2. The smallest absolute Gasteiger partial charge is 0.111 e. The number of fused-ring (bicyclic) bond motifs is 4. The van der Waals surface area contributed by atoms with Gasteiger partial charge in [0.05, 0.1) is 11.0 Å². The van der Waals surface area contributed by atoms with E-state index in [1.807, 2.05) is 0 Å². The molecule has 1 aliphatic heterocycles. The summed E-state index contributed by atoms with van der Waals surface area (Å²) in [5.41, 5.74) is 6.13. The van der Waals surface area contributed by atoms with Crippen molar-refractivity contribution in [2.24, 2.45) is 0 Å². The molecule has 0 unspecified atom stereocenters. The van der Waals surface area contributed by atoms with Crippen molar-refractivity contribution in [2.75, 3.05) is 13.1 Å². The zero-order chi connectivity index (χ0) is 18.5. The van der Waals surface area contributed by atoms with Crippen LogP contribution in [0.5, 0.6) is 0 Å². The van der Waals surface area contributed by atoms with Gasteiger partial charge in [0.1, 0.15) is 5.82 Å². The van der Waals surface area contributed by atoms with Gasteiger partial charge in [-0.3, -0.25) is 4.90 Å². The maximum atomic E-state index is 5.06. The third-order valence-electron chi connectivity index (χ3n) is 6.73. The molecule has 4 heterocycles. The third kappa shape index (κ3) is 2.67. The van der Waals surface area contributed by atoms with E-state index >= 15 is 0 Å². The number of hydrogen-bond acceptors (Lipinski definition) is 2. The van der Waals surface area contributed by atoms with Crippen molar-refractivity contribution in [2.45, 2.75) is 44.7 Å². The lowest BCUT2D eigenvalue weighted by Gasteiger charge is -2.38. The van der Waals surface area contributed by atoms with Gasteiger partial charge in [-0.25, -0.2) is 4.98 Å². The molecule has 0 N–H and O–H groups in total. The number of aryl methyl sites for hydroxylation is 1. The first kappa shape index (κ1) is 16.4. The molecule has 0 amide bonds. The Bertz CT molecular complexity index is 1150. The largest absolute Gasteiger partial charge is 0.328 e. The van der Waals surface area contributed by atoms with Gasteiger partial charge >= 0.3 is 0 Å². The van der Waals surface area contributed by atoms with Gasteiger partial charge in [-0.1, -0.05) is 18.6 Å². The molecule has 1 aliphatic carbocycles. The highest BCUT2D eigenvalue weighted by atomic mass is 15.2. The van der Waals surface area contributed by atoms with Gasteiger partial charge in [0.15, 0.2) is 0 Å². The highest BCUT2D eigenvalue weighted by Crippen LogP contribution is 2.29. The first-order valence-corrected chi connectivity index (χ1v) is 10.7. The van der Waals surface area contributed by atoms with Gasteiger partial charge in [0, 0.05) is 50.0 Å². The van der Waals surface area contributed by atoms with E-state index in [1.165, 1.54) is 60.2 Å². The lowest BCUT2D eigenvalue weighted by atomic mass is 9.91. The molecule has 1 saturated carbocycles. The fraction of sp³-hybridized carbons (Fsp3) is 0.375. The summed E-state index contributed by atoms with van der Waals surface area (Å²) in [5, 5.41) is 0. The van der Waals surface area contributed by atoms with E-state index in [2.05, 4.69) is 68.7 Å². The Morgan fingerprint density at radius 1 is 0.893 bits per heavy atom. The van der Waals surface area contributed by atoms with Crippen LogP contribution in [0.1, 0.15) is 31.5 Å². The highest BCUT2D eigenvalue weighted by Gasteiger charge is 2.26. The van der Waals surface area contributed by atoms with Crippen molar-refractivity contribution < 1.29 is 0 Å². The van der Waals surface area contributed by atoms with Crippen molar-refractivity contribution in [3.8, 4) is 11.1 Å². The van der Waals surface area contributed by atoms with Crippen molar-refractivity contribution in [3.05, 3.63) is 60.7 Å². The van der Waals surface area contributed by atoms with Crippen molar-refractivity contribution in [1.29, 1.82) is 0 Å². The van der Waals surface area contributed by atoms with E-state index < -0.39 is 0 Å². The summed E-state index contributed by atoms with van der Waals surface area (Å²) in [7, 11) is 0.